The summed E-state index contributed by atoms with van der Waals surface area (Å²) in [7, 11) is 1.46. The molecule has 0 radical (unpaired) electrons. The largest absolute Gasteiger partial charge is 0.493 e. The third-order valence-corrected chi connectivity index (χ3v) is 7.27. The van der Waals surface area contributed by atoms with Gasteiger partial charge in [-0.15, -0.1) is 11.3 Å². The minimum atomic E-state index is -0.664. The number of nitrogens with zero attached hydrogens (tertiary/aromatic N) is 1. The number of carbonyl (C=O) groups is 2. The zero-order chi connectivity index (χ0) is 27.1. The van der Waals surface area contributed by atoms with E-state index in [2.05, 4.69) is 5.32 Å². The van der Waals surface area contributed by atoms with Gasteiger partial charge in [0.2, 0.25) is 0 Å². The number of carbonyl (C=O) groups excluding carboxylic acids is 2. The predicted octanol–water partition coefficient (Wildman–Crippen LogP) is 6.42. The molecule has 192 valence electrons. The topological polar surface area (TPSA) is 97.7 Å². The average Bonchev–Trinajstić information content (AvgIpc) is 3.14. The van der Waals surface area contributed by atoms with Crippen molar-refractivity contribution in [1.82, 2.24) is 0 Å². The van der Waals surface area contributed by atoms with E-state index in [-0.39, 0.29) is 30.2 Å². The summed E-state index contributed by atoms with van der Waals surface area (Å²) in [5.41, 5.74) is 1.75. The molecule has 1 N–H and O–H groups in total. The number of nitrogens with one attached hydrogen (secondary N) is 1. The van der Waals surface area contributed by atoms with Crippen molar-refractivity contribution in [1.29, 1.82) is 5.26 Å². The Morgan fingerprint density at radius 2 is 1.97 bits per heavy atom. The minimum Gasteiger partial charge on any atom is -0.493 e. The van der Waals surface area contributed by atoms with E-state index in [0.29, 0.717) is 36.8 Å². The summed E-state index contributed by atoms with van der Waals surface area (Å²) in [6.07, 6.45) is 1.41. The maximum absolute atomic E-state index is 14.0. The maximum atomic E-state index is 14.0. The first-order valence-electron chi connectivity index (χ1n) is 11.1. The molecule has 2 aromatic carbocycles. The molecule has 0 fully saturated rings. The third kappa shape index (κ3) is 6.67. The number of thiophene rings is 1. The SMILES string of the molecule is CCOC(=O)c1c(NC(=O)/C(C#N)=C/c2cc(I)c(OCc3ccccc3F)c(OC)c2)sc(C)c1C. The van der Waals surface area contributed by atoms with Crippen molar-refractivity contribution in [3.8, 4) is 17.6 Å². The van der Waals surface area contributed by atoms with E-state index in [1.165, 1.54) is 30.6 Å². The standard InChI is InChI=1S/C27H24FIN2O5S/c1-5-35-27(33)23-15(2)16(3)37-26(23)31-25(32)19(13-30)10-17-11-21(29)24(22(12-17)34-4)36-14-18-8-6-7-9-20(18)28/h6-12H,5,14H2,1-4H3,(H,31,32)/b19-10+. The molecule has 0 saturated carbocycles. The van der Waals surface area contributed by atoms with Crippen LogP contribution in [0.1, 0.15) is 38.8 Å². The number of ether oxygens (including phenoxy) is 3. The minimum absolute atomic E-state index is 0.00250. The second kappa shape index (κ2) is 12.7. The number of esters is 1. The van der Waals surface area contributed by atoms with E-state index in [1.54, 1.807) is 44.2 Å². The molecule has 10 heteroatoms. The van der Waals surface area contributed by atoms with Crippen molar-refractivity contribution in [2.75, 3.05) is 19.0 Å². The lowest BCUT2D eigenvalue weighted by Crippen LogP contribution is -2.16. The van der Waals surface area contributed by atoms with Crippen LogP contribution in [-0.4, -0.2) is 25.6 Å². The van der Waals surface area contributed by atoms with Crippen LogP contribution in [0.2, 0.25) is 0 Å². The molecule has 1 aromatic heterocycles. The highest BCUT2D eigenvalue weighted by Gasteiger charge is 2.23. The van der Waals surface area contributed by atoms with Crippen LogP contribution >= 0.6 is 33.9 Å². The van der Waals surface area contributed by atoms with Gasteiger partial charge in [-0.05, 0) is 78.8 Å². The summed E-state index contributed by atoms with van der Waals surface area (Å²) in [5.74, 6) is -0.796. The number of aryl methyl sites for hydroxylation is 1. The molecule has 3 rings (SSSR count). The van der Waals surface area contributed by atoms with Crippen LogP contribution < -0.4 is 14.8 Å². The smallest absolute Gasteiger partial charge is 0.341 e. The van der Waals surface area contributed by atoms with Gasteiger partial charge in [0.1, 0.15) is 29.1 Å². The Labute approximate surface area is 232 Å². The van der Waals surface area contributed by atoms with E-state index in [0.717, 1.165) is 4.88 Å². The zero-order valence-corrected chi connectivity index (χ0v) is 23.6. The normalized spacial score (nSPS) is 11.0. The van der Waals surface area contributed by atoms with Gasteiger partial charge in [-0.25, -0.2) is 9.18 Å². The molecule has 0 saturated heterocycles. The molecular formula is C27H24FIN2O5S. The number of anilines is 1. The van der Waals surface area contributed by atoms with Crippen LogP contribution in [0.25, 0.3) is 6.08 Å². The van der Waals surface area contributed by atoms with Gasteiger partial charge in [0, 0.05) is 10.4 Å². The van der Waals surface area contributed by atoms with E-state index >= 15 is 0 Å². The average molecular weight is 634 g/mol. The quantitative estimate of drug-likeness (QED) is 0.126. The Balaban J connectivity index is 1.87. The van der Waals surface area contributed by atoms with E-state index in [1.807, 2.05) is 35.6 Å². The van der Waals surface area contributed by atoms with Crippen LogP contribution in [0, 0.1) is 34.6 Å². The molecule has 0 spiro atoms. The fourth-order valence-corrected chi connectivity index (χ4v) is 5.20. The maximum Gasteiger partial charge on any atom is 0.341 e. The highest BCUT2D eigenvalue weighted by atomic mass is 127. The van der Waals surface area contributed by atoms with E-state index in [9.17, 15) is 19.2 Å². The van der Waals surface area contributed by atoms with E-state index in [4.69, 9.17) is 14.2 Å². The summed E-state index contributed by atoms with van der Waals surface area (Å²) in [6.45, 7) is 5.52. The number of hydrogen-bond donors (Lipinski definition) is 1. The molecule has 0 aliphatic rings. The van der Waals surface area contributed by atoms with Crippen molar-refractivity contribution in [3.63, 3.8) is 0 Å². The molecule has 1 amide bonds. The lowest BCUT2D eigenvalue weighted by Gasteiger charge is -2.14. The van der Waals surface area contributed by atoms with Gasteiger partial charge < -0.3 is 19.5 Å². The van der Waals surface area contributed by atoms with Gasteiger partial charge in [0.05, 0.1) is 22.9 Å². The summed E-state index contributed by atoms with van der Waals surface area (Å²) in [4.78, 5) is 26.2. The first-order chi connectivity index (χ1) is 17.7. The van der Waals surface area contributed by atoms with Crippen molar-refractivity contribution in [3.05, 3.63) is 78.5 Å². The first kappa shape index (κ1) is 28.1. The second-order valence-corrected chi connectivity index (χ2v) is 10.1. The number of methoxy groups -OCH3 is 1. The monoisotopic (exact) mass is 634 g/mol. The third-order valence-electron chi connectivity index (χ3n) is 5.35. The molecular weight excluding hydrogens is 610 g/mol. The van der Waals surface area contributed by atoms with Crippen molar-refractivity contribution in [2.24, 2.45) is 0 Å². The number of nitriles is 1. The fourth-order valence-electron chi connectivity index (χ4n) is 3.38. The Hall–Kier alpha value is -3.43. The summed E-state index contributed by atoms with van der Waals surface area (Å²) >= 11 is 3.28. The van der Waals surface area contributed by atoms with Crippen LogP contribution in [0.15, 0.2) is 42.0 Å². The summed E-state index contributed by atoms with van der Waals surface area (Å²) in [5, 5.41) is 12.7. The Morgan fingerprint density at radius 1 is 1.24 bits per heavy atom. The number of rotatable bonds is 9. The van der Waals surface area contributed by atoms with Gasteiger partial charge in [0.15, 0.2) is 11.5 Å². The summed E-state index contributed by atoms with van der Waals surface area (Å²) in [6, 6.07) is 11.6. The van der Waals surface area contributed by atoms with Gasteiger partial charge in [0.25, 0.3) is 5.91 Å². The van der Waals surface area contributed by atoms with Crippen LogP contribution in [0.3, 0.4) is 0 Å². The molecule has 7 nitrogen and oxygen atoms in total. The zero-order valence-electron chi connectivity index (χ0n) is 20.6. The molecule has 0 atom stereocenters. The van der Waals surface area contributed by atoms with Gasteiger partial charge >= 0.3 is 5.97 Å². The molecule has 37 heavy (non-hydrogen) atoms. The Bertz CT molecular complexity index is 1410. The predicted molar refractivity (Wildman–Crippen MR) is 148 cm³/mol. The summed E-state index contributed by atoms with van der Waals surface area (Å²) < 4.78 is 31.0. The molecule has 3 aromatic rings. The van der Waals surface area contributed by atoms with Crippen molar-refractivity contribution in [2.45, 2.75) is 27.4 Å². The Morgan fingerprint density at radius 3 is 2.62 bits per heavy atom. The molecule has 1 heterocycles. The molecule has 0 aliphatic carbocycles. The first-order valence-corrected chi connectivity index (χ1v) is 13.0. The second-order valence-electron chi connectivity index (χ2n) is 7.75. The van der Waals surface area contributed by atoms with Crippen LogP contribution in [0.5, 0.6) is 11.5 Å². The highest BCUT2D eigenvalue weighted by molar-refractivity contribution is 14.1. The van der Waals surface area contributed by atoms with Crippen molar-refractivity contribution < 1.29 is 28.2 Å². The van der Waals surface area contributed by atoms with Crippen LogP contribution in [-0.2, 0) is 16.1 Å². The number of amides is 1. The van der Waals surface area contributed by atoms with Gasteiger partial charge in [-0.1, -0.05) is 18.2 Å². The fraction of sp³-hybridized carbons (Fsp3) is 0.222. The van der Waals surface area contributed by atoms with E-state index < -0.39 is 11.9 Å². The number of benzene rings is 2. The Kier molecular flexibility index (Phi) is 9.66. The van der Waals surface area contributed by atoms with Crippen LogP contribution in [0.4, 0.5) is 9.39 Å². The van der Waals surface area contributed by atoms with Gasteiger partial charge in [-0.2, -0.15) is 5.26 Å². The molecule has 0 unspecified atom stereocenters. The lowest BCUT2D eigenvalue weighted by molar-refractivity contribution is -0.112. The molecule has 0 bridgehead atoms. The highest BCUT2D eigenvalue weighted by Crippen LogP contribution is 2.36. The number of halogens is 2. The van der Waals surface area contributed by atoms with Crippen molar-refractivity contribution >= 4 is 56.9 Å². The van der Waals surface area contributed by atoms with Gasteiger partial charge in [-0.3, -0.25) is 4.79 Å². The molecule has 0 aliphatic heterocycles. The number of hydrogen-bond acceptors (Lipinski definition) is 7. The lowest BCUT2D eigenvalue weighted by atomic mass is 10.1.